The summed E-state index contributed by atoms with van der Waals surface area (Å²) in [7, 11) is 0. The van der Waals surface area contributed by atoms with Crippen molar-refractivity contribution in [2.24, 2.45) is 11.3 Å². The summed E-state index contributed by atoms with van der Waals surface area (Å²) < 4.78 is 0. The zero-order valence-corrected chi connectivity index (χ0v) is 7.71. The summed E-state index contributed by atoms with van der Waals surface area (Å²) in [5.41, 5.74) is 1.05. The normalized spacial score (nSPS) is 27.0. The molecule has 2 aliphatic rings. The minimum absolute atomic E-state index is 0.132. The largest absolute Gasteiger partial charge is 0.323 e. The van der Waals surface area contributed by atoms with Crippen LogP contribution in [0.25, 0.3) is 0 Å². The molecule has 14 heavy (non-hydrogen) atoms. The molecular weight excluding hydrogens is 180 g/mol. The van der Waals surface area contributed by atoms with Crippen molar-refractivity contribution in [3.63, 3.8) is 0 Å². The summed E-state index contributed by atoms with van der Waals surface area (Å²) in [6.07, 6.45) is 4.33. The van der Waals surface area contributed by atoms with Crippen LogP contribution in [0.4, 0.5) is 5.69 Å². The predicted molar refractivity (Wildman–Crippen MR) is 50.6 cm³/mol. The third-order valence-electron chi connectivity index (χ3n) is 3.23. The molecule has 1 saturated heterocycles. The molecule has 1 aliphatic heterocycles. The van der Waals surface area contributed by atoms with E-state index in [-0.39, 0.29) is 11.8 Å². The maximum Gasteiger partial charge on any atom is 0.228 e. The first-order valence-electron chi connectivity index (χ1n) is 4.81. The number of aromatic amines is 1. The van der Waals surface area contributed by atoms with Crippen molar-refractivity contribution in [1.82, 2.24) is 15.5 Å². The van der Waals surface area contributed by atoms with Gasteiger partial charge in [-0.1, -0.05) is 0 Å². The Morgan fingerprint density at radius 3 is 3.00 bits per heavy atom. The van der Waals surface area contributed by atoms with E-state index in [1.165, 1.54) is 0 Å². The third-order valence-corrected chi connectivity index (χ3v) is 3.23. The molecule has 1 atom stereocenters. The van der Waals surface area contributed by atoms with Gasteiger partial charge in [-0.3, -0.25) is 9.89 Å². The van der Waals surface area contributed by atoms with E-state index in [0.29, 0.717) is 5.41 Å². The molecule has 5 heteroatoms. The molecule has 3 N–H and O–H groups in total. The van der Waals surface area contributed by atoms with Gasteiger partial charge in [-0.25, -0.2) is 0 Å². The van der Waals surface area contributed by atoms with E-state index in [1.807, 2.05) is 0 Å². The lowest BCUT2D eigenvalue weighted by molar-refractivity contribution is -0.118. The lowest BCUT2D eigenvalue weighted by Crippen LogP contribution is -2.46. The van der Waals surface area contributed by atoms with Gasteiger partial charge in [0.25, 0.3) is 0 Å². The Labute approximate surface area is 81.3 Å². The van der Waals surface area contributed by atoms with Crippen molar-refractivity contribution in [2.45, 2.75) is 6.42 Å². The van der Waals surface area contributed by atoms with Crippen LogP contribution in [0.2, 0.25) is 0 Å². The molecule has 2 fully saturated rings. The van der Waals surface area contributed by atoms with Gasteiger partial charge < -0.3 is 10.6 Å². The highest BCUT2D eigenvalue weighted by molar-refractivity contribution is 5.95. The number of amides is 1. The van der Waals surface area contributed by atoms with Gasteiger partial charge in [0, 0.05) is 30.6 Å². The van der Waals surface area contributed by atoms with E-state index in [1.54, 1.807) is 12.4 Å². The van der Waals surface area contributed by atoms with E-state index in [2.05, 4.69) is 20.8 Å². The molecule has 1 aromatic heterocycles. The van der Waals surface area contributed by atoms with Crippen LogP contribution in [0.3, 0.4) is 0 Å². The lowest BCUT2D eigenvalue weighted by Gasteiger charge is -2.28. The minimum Gasteiger partial charge on any atom is -0.323 e. The Morgan fingerprint density at radius 1 is 1.64 bits per heavy atom. The number of rotatable bonds is 2. The molecule has 0 bridgehead atoms. The number of aromatic nitrogens is 2. The number of hydrogen-bond acceptors (Lipinski definition) is 3. The number of nitrogens with zero attached hydrogens (tertiary/aromatic N) is 1. The molecule has 1 aromatic rings. The highest BCUT2D eigenvalue weighted by Gasteiger charge is 2.61. The zero-order chi connectivity index (χ0) is 9.60. The van der Waals surface area contributed by atoms with E-state index in [9.17, 15) is 4.79 Å². The summed E-state index contributed by atoms with van der Waals surface area (Å²) in [6.45, 7) is 1.99. The molecule has 0 radical (unpaired) electrons. The van der Waals surface area contributed by atoms with Crippen LogP contribution in [-0.4, -0.2) is 29.2 Å². The maximum atomic E-state index is 11.7. The Morgan fingerprint density at radius 2 is 2.50 bits per heavy atom. The van der Waals surface area contributed by atoms with E-state index in [0.717, 1.165) is 25.2 Å². The standard InChI is InChI=1S/C9H12N4O/c14-8(13-6-2-11-12-3-6)7-1-9(7)4-10-5-9/h2-3,7,10H,1,4-5H2,(H,11,12)(H,13,14). The maximum absolute atomic E-state index is 11.7. The van der Waals surface area contributed by atoms with Gasteiger partial charge in [0.2, 0.25) is 5.91 Å². The quantitative estimate of drug-likeness (QED) is 0.615. The second-order valence-corrected chi connectivity index (χ2v) is 4.20. The Bertz CT molecular complexity index is 355. The zero-order valence-electron chi connectivity index (χ0n) is 7.71. The number of anilines is 1. The lowest BCUT2D eigenvalue weighted by atomic mass is 9.96. The Kier molecular flexibility index (Phi) is 1.47. The van der Waals surface area contributed by atoms with Crippen molar-refractivity contribution >= 4 is 11.6 Å². The van der Waals surface area contributed by atoms with Crippen LogP contribution in [-0.2, 0) is 4.79 Å². The fraction of sp³-hybridized carbons (Fsp3) is 0.556. The Balaban J connectivity index is 1.62. The monoisotopic (exact) mass is 192 g/mol. The van der Waals surface area contributed by atoms with Crippen LogP contribution in [0.5, 0.6) is 0 Å². The average molecular weight is 192 g/mol. The second-order valence-electron chi connectivity index (χ2n) is 4.20. The van der Waals surface area contributed by atoms with Gasteiger partial charge in [-0.15, -0.1) is 0 Å². The van der Waals surface area contributed by atoms with Crippen molar-refractivity contribution in [2.75, 3.05) is 18.4 Å². The Hall–Kier alpha value is -1.36. The third kappa shape index (κ3) is 1.05. The summed E-state index contributed by atoms with van der Waals surface area (Å²) in [5, 5.41) is 12.5. The molecule has 2 heterocycles. The van der Waals surface area contributed by atoms with Crippen LogP contribution in [0.1, 0.15) is 6.42 Å². The number of carbonyl (C=O) groups excluding carboxylic acids is 1. The van der Waals surface area contributed by atoms with Crippen molar-refractivity contribution in [3.8, 4) is 0 Å². The first-order valence-corrected chi connectivity index (χ1v) is 4.81. The van der Waals surface area contributed by atoms with Crippen molar-refractivity contribution < 1.29 is 4.79 Å². The first-order chi connectivity index (χ1) is 6.80. The fourth-order valence-electron chi connectivity index (χ4n) is 2.10. The molecule has 1 saturated carbocycles. The number of carbonyl (C=O) groups is 1. The van der Waals surface area contributed by atoms with Gasteiger partial charge >= 0.3 is 0 Å². The molecule has 1 aliphatic carbocycles. The molecule has 1 amide bonds. The van der Waals surface area contributed by atoms with E-state index >= 15 is 0 Å². The van der Waals surface area contributed by atoms with Crippen LogP contribution >= 0.6 is 0 Å². The molecule has 1 spiro atoms. The van der Waals surface area contributed by atoms with Crippen molar-refractivity contribution in [1.29, 1.82) is 0 Å². The number of hydrogen-bond donors (Lipinski definition) is 3. The van der Waals surface area contributed by atoms with E-state index in [4.69, 9.17) is 0 Å². The summed E-state index contributed by atoms with van der Waals surface area (Å²) >= 11 is 0. The van der Waals surface area contributed by atoms with Crippen LogP contribution < -0.4 is 10.6 Å². The summed E-state index contributed by atoms with van der Waals surface area (Å²) in [6, 6.07) is 0. The second kappa shape index (κ2) is 2.57. The van der Waals surface area contributed by atoms with Crippen LogP contribution in [0.15, 0.2) is 12.4 Å². The predicted octanol–water partition coefficient (Wildman–Crippen LogP) is -0.0423. The first kappa shape index (κ1) is 7.99. The molecule has 3 rings (SSSR count). The SMILES string of the molecule is O=C(Nc1cn[nH]c1)C1CC12CNC2. The highest BCUT2D eigenvalue weighted by atomic mass is 16.2. The summed E-state index contributed by atoms with van der Waals surface area (Å²) in [5.74, 6) is 0.339. The summed E-state index contributed by atoms with van der Waals surface area (Å²) in [4.78, 5) is 11.7. The molecule has 74 valence electrons. The highest BCUT2D eigenvalue weighted by Crippen LogP contribution is 2.55. The smallest absolute Gasteiger partial charge is 0.228 e. The fourth-order valence-corrected chi connectivity index (χ4v) is 2.10. The molecular formula is C9H12N4O. The van der Waals surface area contributed by atoms with Crippen LogP contribution in [0, 0.1) is 11.3 Å². The average Bonchev–Trinajstić information content (AvgIpc) is 2.71. The minimum atomic E-state index is 0.132. The van der Waals surface area contributed by atoms with E-state index < -0.39 is 0 Å². The number of H-pyrrole nitrogens is 1. The van der Waals surface area contributed by atoms with Crippen molar-refractivity contribution in [3.05, 3.63) is 12.4 Å². The van der Waals surface area contributed by atoms with Gasteiger partial charge in [0.15, 0.2) is 0 Å². The molecule has 0 aromatic carbocycles. The molecule has 1 unspecified atom stereocenters. The topological polar surface area (TPSA) is 69.8 Å². The van der Waals surface area contributed by atoms with Gasteiger partial charge in [0.05, 0.1) is 11.9 Å². The van der Waals surface area contributed by atoms with Gasteiger partial charge in [-0.2, -0.15) is 5.10 Å². The van der Waals surface area contributed by atoms with Gasteiger partial charge in [-0.05, 0) is 6.42 Å². The molecule has 5 nitrogen and oxygen atoms in total. The van der Waals surface area contributed by atoms with Gasteiger partial charge in [0.1, 0.15) is 0 Å². The number of nitrogens with one attached hydrogen (secondary N) is 3.